The lowest BCUT2D eigenvalue weighted by molar-refractivity contribution is 0.191. The summed E-state index contributed by atoms with van der Waals surface area (Å²) in [5.41, 5.74) is 0.688. The van der Waals surface area contributed by atoms with Crippen molar-refractivity contribution >= 4 is 25.8 Å². The molecule has 0 aliphatic rings. The summed E-state index contributed by atoms with van der Waals surface area (Å²) in [5, 5.41) is 9.66. The van der Waals surface area contributed by atoms with Crippen LogP contribution in [0.1, 0.15) is 31.9 Å². The Balaban J connectivity index is 2.59. The number of benzene rings is 1. The zero-order valence-electron chi connectivity index (χ0n) is 11.1. The Bertz CT molecular complexity index is 511. The number of hydrogen-bond acceptors (Lipinski definition) is 4. The zero-order valence-corrected chi connectivity index (χ0v) is 13.5. The molecule has 1 aromatic carbocycles. The average Bonchev–Trinajstić information content (AvgIpc) is 2.36. The van der Waals surface area contributed by atoms with E-state index in [0.717, 1.165) is 4.47 Å². The molecule has 0 aliphatic carbocycles. The van der Waals surface area contributed by atoms with Gasteiger partial charge in [0.2, 0.25) is 0 Å². The molecule has 4 nitrogen and oxygen atoms in total. The highest BCUT2D eigenvalue weighted by atomic mass is 79.9. The average molecular weight is 351 g/mol. The molecule has 6 heteroatoms. The maximum atomic E-state index is 11.3. The number of sulfone groups is 1. The minimum absolute atomic E-state index is 0.129. The van der Waals surface area contributed by atoms with E-state index >= 15 is 0 Å². The summed E-state index contributed by atoms with van der Waals surface area (Å²) in [6.45, 7) is 3.62. The van der Waals surface area contributed by atoms with Crippen LogP contribution >= 0.6 is 15.9 Å². The fourth-order valence-electron chi connectivity index (χ4n) is 1.58. The molecule has 0 spiro atoms. The predicted octanol–water partition coefficient (Wildman–Crippen LogP) is 2.71. The molecule has 108 valence electrons. The zero-order chi connectivity index (χ0) is 14.5. The van der Waals surface area contributed by atoms with E-state index in [1.807, 2.05) is 6.07 Å². The van der Waals surface area contributed by atoms with Crippen molar-refractivity contribution < 1.29 is 18.3 Å². The van der Waals surface area contributed by atoms with Gasteiger partial charge in [0.05, 0.1) is 18.5 Å². The number of halogens is 1. The second kappa shape index (κ2) is 7.26. The summed E-state index contributed by atoms with van der Waals surface area (Å²) in [6.07, 6.45) is -0.183. The maximum absolute atomic E-state index is 11.3. The Hall–Kier alpha value is -0.590. The standard InChI is InChI=1S/C13H19BrO4S/c1-3-19(16,17)8-4-7-18-13-6-5-11(14)9-12(13)10(2)15/h5-6,9-10,15H,3-4,7-8H2,1-2H3/t10-/m1/s1. The largest absolute Gasteiger partial charge is 0.493 e. The fraction of sp³-hybridized carbons (Fsp3) is 0.538. The molecule has 1 rings (SSSR count). The molecule has 1 aromatic rings. The summed E-state index contributed by atoms with van der Waals surface area (Å²) in [5.74, 6) is 0.876. The second-order valence-electron chi connectivity index (χ2n) is 4.30. The molecule has 0 radical (unpaired) electrons. The van der Waals surface area contributed by atoms with Crippen LogP contribution in [0.2, 0.25) is 0 Å². The molecule has 0 aliphatic heterocycles. The Morgan fingerprint density at radius 3 is 2.68 bits per heavy atom. The van der Waals surface area contributed by atoms with Gasteiger partial charge in [-0.3, -0.25) is 0 Å². The molecular weight excluding hydrogens is 332 g/mol. The van der Waals surface area contributed by atoms with Crippen LogP contribution in [0.15, 0.2) is 22.7 Å². The van der Waals surface area contributed by atoms with Crippen LogP contribution in [0.4, 0.5) is 0 Å². The molecule has 0 aromatic heterocycles. The first-order valence-corrected chi connectivity index (χ1v) is 8.78. The lowest BCUT2D eigenvalue weighted by Crippen LogP contribution is -2.12. The summed E-state index contributed by atoms with van der Waals surface area (Å²) >= 11 is 3.34. The van der Waals surface area contributed by atoms with E-state index in [-0.39, 0.29) is 11.5 Å². The fourth-order valence-corrected chi connectivity index (χ4v) is 2.81. The van der Waals surface area contributed by atoms with Crippen LogP contribution in [-0.4, -0.2) is 31.6 Å². The minimum atomic E-state index is -2.94. The van der Waals surface area contributed by atoms with E-state index in [1.165, 1.54) is 0 Å². The molecule has 0 saturated heterocycles. The van der Waals surface area contributed by atoms with E-state index in [0.29, 0.717) is 24.3 Å². The van der Waals surface area contributed by atoms with Gasteiger partial charge in [-0.25, -0.2) is 8.42 Å². The maximum Gasteiger partial charge on any atom is 0.150 e. The monoisotopic (exact) mass is 350 g/mol. The number of hydrogen-bond donors (Lipinski definition) is 1. The quantitative estimate of drug-likeness (QED) is 0.768. The molecule has 1 atom stereocenters. The number of aliphatic hydroxyl groups excluding tert-OH is 1. The molecule has 0 heterocycles. The molecule has 0 fully saturated rings. The van der Waals surface area contributed by atoms with Gasteiger partial charge < -0.3 is 9.84 Å². The summed E-state index contributed by atoms with van der Waals surface area (Å²) in [4.78, 5) is 0. The van der Waals surface area contributed by atoms with Crippen LogP contribution in [0.25, 0.3) is 0 Å². The first-order valence-electron chi connectivity index (χ1n) is 6.16. The lowest BCUT2D eigenvalue weighted by atomic mass is 10.1. The van der Waals surface area contributed by atoms with E-state index in [4.69, 9.17) is 4.74 Å². The van der Waals surface area contributed by atoms with Crippen molar-refractivity contribution in [1.82, 2.24) is 0 Å². The highest BCUT2D eigenvalue weighted by Crippen LogP contribution is 2.28. The highest BCUT2D eigenvalue weighted by molar-refractivity contribution is 9.10. The van der Waals surface area contributed by atoms with Crippen molar-refractivity contribution in [3.63, 3.8) is 0 Å². The van der Waals surface area contributed by atoms with Crippen LogP contribution in [0.3, 0.4) is 0 Å². The molecule has 0 saturated carbocycles. The van der Waals surface area contributed by atoms with Gasteiger partial charge >= 0.3 is 0 Å². The third-order valence-corrected chi connectivity index (χ3v) is 5.00. The third kappa shape index (κ3) is 5.50. The van der Waals surface area contributed by atoms with Gasteiger partial charge in [0, 0.05) is 15.8 Å². The Morgan fingerprint density at radius 1 is 1.42 bits per heavy atom. The van der Waals surface area contributed by atoms with Crippen molar-refractivity contribution in [1.29, 1.82) is 0 Å². The summed E-state index contributed by atoms with van der Waals surface area (Å²) < 4.78 is 29.1. The van der Waals surface area contributed by atoms with Gasteiger partial charge in [-0.2, -0.15) is 0 Å². The third-order valence-electron chi connectivity index (χ3n) is 2.72. The van der Waals surface area contributed by atoms with Crippen LogP contribution < -0.4 is 4.74 Å². The van der Waals surface area contributed by atoms with Crippen molar-refractivity contribution in [2.24, 2.45) is 0 Å². The summed E-state index contributed by atoms with van der Waals surface area (Å²) in [6, 6.07) is 5.38. The molecule has 0 amide bonds. The first kappa shape index (κ1) is 16.5. The number of aliphatic hydroxyl groups is 1. The molecule has 19 heavy (non-hydrogen) atoms. The second-order valence-corrected chi connectivity index (χ2v) is 7.68. The van der Waals surface area contributed by atoms with Crippen molar-refractivity contribution in [3.05, 3.63) is 28.2 Å². The van der Waals surface area contributed by atoms with Gasteiger partial charge in [-0.15, -0.1) is 0 Å². The topological polar surface area (TPSA) is 63.6 Å². The SMILES string of the molecule is CCS(=O)(=O)CCCOc1ccc(Br)cc1[C@@H](C)O. The van der Waals surface area contributed by atoms with Gasteiger partial charge in [0.15, 0.2) is 0 Å². The van der Waals surface area contributed by atoms with Crippen LogP contribution in [0.5, 0.6) is 5.75 Å². The number of ether oxygens (including phenoxy) is 1. The molecule has 0 bridgehead atoms. The van der Waals surface area contributed by atoms with Gasteiger partial charge in [-0.05, 0) is 31.5 Å². The summed E-state index contributed by atoms with van der Waals surface area (Å²) in [7, 11) is -2.94. The van der Waals surface area contributed by atoms with Gasteiger partial charge in [0.1, 0.15) is 15.6 Å². The minimum Gasteiger partial charge on any atom is -0.493 e. The van der Waals surface area contributed by atoms with E-state index in [9.17, 15) is 13.5 Å². The Labute approximate surface area is 122 Å². The van der Waals surface area contributed by atoms with Crippen LogP contribution in [0, 0.1) is 0 Å². The van der Waals surface area contributed by atoms with E-state index in [2.05, 4.69) is 15.9 Å². The van der Waals surface area contributed by atoms with Gasteiger partial charge in [0.25, 0.3) is 0 Å². The smallest absolute Gasteiger partial charge is 0.150 e. The highest BCUT2D eigenvalue weighted by Gasteiger charge is 2.11. The van der Waals surface area contributed by atoms with E-state index < -0.39 is 15.9 Å². The Morgan fingerprint density at radius 2 is 2.11 bits per heavy atom. The van der Waals surface area contributed by atoms with E-state index in [1.54, 1.807) is 26.0 Å². The molecular formula is C13H19BrO4S. The van der Waals surface area contributed by atoms with Crippen molar-refractivity contribution in [3.8, 4) is 5.75 Å². The Kier molecular flexibility index (Phi) is 6.29. The lowest BCUT2D eigenvalue weighted by Gasteiger charge is -2.13. The predicted molar refractivity (Wildman–Crippen MR) is 79.2 cm³/mol. The first-order chi connectivity index (χ1) is 8.85. The number of rotatable bonds is 7. The van der Waals surface area contributed by atoms with Gasteiger partial charge in [-0.1, -0.05) is 22.9 Å². The molecule has 1 N–H and O–H groups in total. The van der Waals surface area contributed by atoms with Crippen molar-refractivity contribution in [2.45, 2.75) is 26.4 Å². The van der Waals surface area contributed by atoms with Crippen molar-refractivity contribution in [2.75, 3.05) is 18.1 Å². The van der Waals surface area contributed by atoms with Crippen LogP contribution in [-0.2, 0) is 9.84 Å². The normalized spacial score (nSPS) is 13.3. The molecule has 0 unspecified atom stereocenters.